The van der Waals surface area contributed by atoms with E-state index < -0.39 is 16.9 Å². The molecule has 0 bridgehead atoms. The summed E-state index contributed by atoms with van der Waals surface area (Å²) < 4.78 is 0. The zero-order chi connectivity index (χ0) is 15.6. The zero-order valence-corrected chi connectivity index (χ0v) is 11.6. The average Bonchev–Trinajstić information content (AvgIpc) is 2.42. The van der Waals surface area contributed by atoms with Gasteiger partial charge < -0.3 is 10.4 Å². The number of para-hydroxylation sites is 1. The summed E-state index contributed by atoms with van der Waals surface area (Å²) in [5, 5.41) is 23.7. The van der Waals surface area contributed by atoms with Gasteiger partial charge in [-0.25, -0.2) is 9.78 Å². The van der Waals surface area contributed by atoms with Crippen molar-refractivity contribution in [3.63, 3.8) is 0 Å². The highest BCUT2D eigenvalue weighted by atomic mass is 16.6. The van der Waals surface area contributed by atoms with E-state index in [4.69, 9.17) is 0 Å². The van der Waals surface area contributed by atoms with Crippen molar-refractivity contribution in [2.24, 2.45) is 5.92 Å². The second-order valence-electron chi connectivity index (χ2n) is 5.01. The molecule has 0 aliphatic carbocycles. The van der Waals surface area contributed by atoms with Crippen LogP contribution < -0.4 is 5.32 Å². The Balaban J connectivity index is 2.52. The van der Waals surface area contributed by atoms with Crippen LogP contribution in [0.15, 0.2) is 30.3 Å². The van der Waals surface area contributed by atoms with E-state index in [-0.39, 0.29) is 17.4 Å². The van der Waals surface area contributed by atoms with Gasteiger partial charge in [0, 0.05) is 11.5 Å². The van der Waals surface area contributed by atoms with Crippen molar-refractivity contribution >= 4 is 28.4 Å². The molecule has 110 valence electrons. The molecule has 0 amide bonds. The summed E-state index contributed by atoms with van der Waals surface area (Å²) in [4.78, 5) is 26.0. The Hall–Kier alpha value is -2.70. The molecule has 7 heteroatoms. The molecule has 0 fully saturated rings. The lowest BCUT2D eigenvalue weighted by Crippen LogP contribution is -2.34. The van der Waals surface area contributed by atoms with Crippen LogP contribution in [0.5, 0.6) is 0 Å². The first-order chi connectivity index (χ1) is 9.90. The van der Waals surface area contributed by atoms with Gasteiger partial charge in [0.2, 0.25) is 5.82 Å². The molecule has 0 spiro atoms. The highest BCUT2D eigenvalue weighted by Gasteiger charge is 2.26. The molecule has 0 saturated heterocycles. The number of pyridine rings is 1. The number of nitrogens with zero attached hydrogens (tertiary/aromatic N) is 2. The third-order valence-electron chi connectivity index (χ3n) is 3.13. The van der Waals surface area contributed by atoms with Crippen LogP contribution in [0, 0.1) is 16.0 Å². The summed E-state index contributed by atoms with van der Waals surface area (Å²) in [6.45, 7) is 3.44. The molecule has 0 radical (unpaired) electrons. The summed E-state index contributed by atoms with van der Waals surface area (Å²) in [6.07, 6.45) is 0. The van der Waals surface area contributed by atoms with Gasteiger partial charge in [0.25, 0.3) is 0 Å². The first-order valence-corrected chi connectivity index (χ1v) is 6.43. The minimum absolute atomic E-state index is 0.0280. The van der Waals surface area contributed by atoms with Crippen LogP contribution in [0.2, 0.25) is 0 Å². The molecule has 0 aliphatic rings. The van der Waals surface area contributed by atoms with Crippen LogP contribution >= 0.6 is 0 Å². The van der Waals surface area contributed by atoms with Crippen molar-refractivity contribution < 1.29 is 14.8 Å². The lowest BCUT2D eigenvalue weighted by Gasteiger charge is -2.18. The van der Waals surface area contributed by atoms with Gasteiger partial charge in [-0.3, -0.25) is 10.1 Å². The fourth-order valence-electron chi connectivity index (χ4n) is 2.01. The van der Waals surface area contributed by atoms with E-state index in [9.17, 15) is 20.0 Å². The Morgan fingerprint density at radius 3 is 2.62 bits per heavy atom. The SMILES string of the molecule is CC(C)[C@H](Nc1nc2ccccc2cc1[N+](=O)[O-])C(=O)O. The number of carboxylic acid groups (broad SMARTS) is 1. The van der Waals surface area contributed by atoms with Crippen LogP contribution in [0.3, 0.4) is 0 Å². The summed E-state index contributed by atoms with van der Waals surface area (Å²) in [6, 6.07) is 7.41. The Kier molecular flexibility index (Phi) is 4.02. The maximum atomic E-state index is 11.2. The number of nitro groups is 1. The van der Waals surface area contributed by atoms with Gasteiger partial charge in [-0.05, 0) is 12.0 Å². The number of fused-ring (bicyclic) bond motifs is 1. The smallest absolute Gasteiger partial charge is 0.326 e. The average molecular weight is 289 g/mol. The van der Waals surface area contributed by atoms with Crippen molar-refractivity contribution in [1.82, 2.24) is 4.98 Å². The quantitative estimate of drug-likeness (QED) is 0.647. The van der Waals surface area contributed by atoms with Crippen molar-refractivity contribution in [2.75, 3.05) is 5.32 Å². The monoisotopic (exact) mass is 289 g/mol. The number of anilines is 1. The highest BCUT2D eigenvalue weighted by molar-refractivity contribution is 5.86. The van der Waals surface area contributed by atoms with E-state index in [0.717, 1.165) is 0 Å². The number of carbonyl (C=O) groups is 1. The van der Waals surface area contributed by atoms with Gasteiger partial charge in [-0.15, -0.1) is 0 Å². The number of benzene rings is 1. The largest absolute Gasteiger partial charge is 0.480 e. The minimum atomic E-state index is -1.07. The summed E-state index contributed by atoms with van der Waals surface area (Å²) in [5.74, 6) is -1.34. The van der Waals surface area contributed by atoms with E-state index in [1.54, 1.807) is 38.1 Å². The van der Waals surface area contributed by atoms with E-state index in [0.29, 0.717) is 10.9 Å². The van der Waals surface area contributed by atoms with Crippen molar-refractivity contribution in [3.05, 3.63) is 40.4 Å². The number of nitrogens with one attached hydrogen (secondary N) is 1. The maximum Gasteiger partial charge on any atom is 0.326 e. The first kappa shape index (κ1) is 14.7. The predicted molar refractivity (Wildman–Crippen MR) is 78.3 cm³/mol. The molecule has 1 heterocycles. The molecule has 1 aromatic heterocycles. The number of aliphatic carboxylic acids is 1. The van der Waals surface area contributed by atoms with E-state index in [2.05, 4.69) is 10.3 Å². The third kappa shape index (κ3) is 3.07. The Bertz CT molecular complexity index is 700. The van der Waals surface area contributed by atoms with E-state index in [1.807, 2.05) is 0 Å². The first-order valence-electron chi connectivity index (χ1n) is 6.43. The standard InChI is InChI=1S/C14H15N3O4/c1-8(2)12(14(18)19)16-13-11(17(20)21)7-9-5-3-4-6-10(9)15-13/h3-8,12H,1-2H3,(H,15,16)(H,18,19)/t12-/m0/s1. The Morgan fingerprint density at radius 1 is 1.38 bits per heavy atom. The highest BCUT2D eigenvalue weighted by Crippen LogP contribution is 2.28. The van der Waals surface area contributed by atoms with E-state index in [1.165, 1.54) is 6.07 Å². The van der Waals surface area contributed by atoms with Crippen molar-refractivity contribution in [1.29, 1.82) is 0 Å². The maximum absolute atomic E-state index is 11.2. The molecular formula is C14H15N3O4. The number of aromatic nitrogens is 1. The van der Waals surface area contributed by atoms with Crippen LogP contribution in [0.1, 0.15) is 13.8 Å². The molecule has 0 unspecified atom stereocenters. The van der Waals surface area contributed by atoms with Gasteiger partial charge in [-0.1, -0.05) is 32.0 Å². The topological polar surface area (TPSA) is 105 Å². The normalized spacial score (nSPS) is 12.3. The van der Waals surface area contributed by atoms with E-state index >= 15 is 0 Å². The van der Waals surface area contributed by atoms with Crippen LogP contribution in [0.25, 0.3) is 10.9 Å². The molecule has 21 heavy (non-hydrogen) atoms. The summed E-state index contributed by atoms with van der Waals surface area (Å²) >= 11 is 0. The molecule has 2 rings (SSSR count). The van der Waals surface area contributed by atoms with Crippen LogP contribution in [-0.2, 0) is 4.79 Å². The van der Waals surface area contributed by atoms with Gasteiger partial charge in [-0.2, -0.15) is 0 Å². The third-order valence-corrected chi connectivity index (χ3v) is 3.13. The fourth-order valence-corrected chi connectivity index (χ4v) is 2.01. The Morgan fingerprint density at radius 2 is 2.05 bits per heavy atom. The number of rotatable bonds is 5. The second-order valence-corrected chi connectivity index (χ2v) is 5.01. The summed E-state index contributed by atoms with van der Waals surface area (Å²) in [5.41, 5.74) is 0.332. The Labute approximate surface area is 120 Å². The number of hydrogen-bond acceptors (Lipinski definition) is 5. The molecule has 7 nitrogen and oxygen atoms in total. The summed E-state index contributed by atoms with van der Waals surface area (Å²) in [7, 11) is 0. The van der Waals surface area contributed by atoms with Gasteiger partial charge in [0.05, 0.1) is 10.4 Å². The molecule has 0 saturated carbocycles. The zero-order valence-electron chi connectivity index (χ0n) is 11.6. The number of carboxylic acids is 1. The van der Waals surface area contributed by atoms with Crippen molar-refractivity contribution in [3.8, 4) is 0 Å². The lowest BCUT2D eigenvalue weighted by molar-refractivity contribution is -0.384. The second kappa shape index (κ2) is 5.74. The molecular weight excluding hydrogens is 274 g/mol. The lowest BCUT2D eigenvalue weighted by atomic mass is 10.0. The fraction of sp³-hybridized carbons (Fsp3) is 0.286. The molecule has 2 aromatic rings. The van der Waals surface area contributed by atoms with Gasteiger partial charge >= 0.3 is 11.7 Å². The van der Waals surface area contributed by atoms with Crippen molar-refractivity contribution in [2.45, 2.75) is 19.9 Å². The van der Waals surface area contributed by atoms with Gasteiger partial charge in [0.1, 0.15) is 6.04 Å². The molecule has 2 N–H and O–H groups in total. The van der Waals surface area contributed by atoms with Crippen LogP contribution in [0.4, 0.5) is 11.5 Å². The number of hydrogen-bond donors (Lipinski definition) is 2. The van der Waals surface area contributed by atoms with Gasteiger partial charge in [0.15, 0.2) is 0 Å². The van der Waals surface area contributed by atoms with Crippen LogP contribution in [-0.4, -0.2) is 27.0 Å². The molecule has 1 aromatic carbocycles. The predicted octanol–water partition coefficient (Wildman–Crippen LogP) is 2.66. The minimum Gasteiger partial charge on any atom is -0.480 e. The molecule has 1 atom stereocenters. The molecule has 0 aliphatic heterocycles.